The van der Waals surface area contributed by atoms with Crippen LogP contribution in [0.2, 0.25) is 0 Å². The number of rotatable bonds is 5. The van der Waals surface area contributed by atoms with E-state index in [1.165, 1.54) is 5.56 Å². The number of halogens is 1. The molecule has 3 rings (SSSR count). The molecule has 0 fully saturated rings. The van der Waals surface area contributed by atoms with Crippen LogP contribution in [-0.2, 0) is 0 Å². The third-order valence-electron chi connectivity index (χ3n) is 4.33. The van der Waals surface area contributed by atoms with Crippen molar-refractivity contribution in [2.24, 2.45) is 0 Å². The highest BCUT2D eigenvalue weighted by molar-refractivity contribution is 9.10. The maximum Gasteiger partial charge on any atom is 0.163 e. The van der Waals surface area contributed by atoms with Crippen molar-refractivity contribution in [3.8, 4) is 5.75 Å². The van der Waals surface area contributed by atoms with Crippen LogP contribution in [0, 0.1) is 6.92 Å². The molecule has 0 radical (unpaired) electrons. The maximum atomic E-state index is 12.8. The van der Waals surface area contributed by atoms with Crippen molar-refractivity contribution in [3.63, 3.8) is 0 Å². The lowest BCUT2D eigenvalue weighted by Crippen LogP contribution is -2.09. The van der Waals surface area contributed by atoms with Crippen LogP contribution in [0.5, 0.6) is 5.75 Å². The fourth-order valence-corrected chi connectivity index (χ4v) is 3.14. The molecule has 3 aromatic carbocycles. The van der Waals surface area contributed by atoms with Gasteiger partial charge in [0.2, 0.25) is 0 Å². The second-order valence-electron chi connectivity index (χ2n) is 6.19. The Kier molecular flexibility index (Phi) is 5.34. The van der Waals surface area contributed by atoms with Gasteiger partial charge in [-0.2, -0.15) is 0 Å². The minimum atomic E-state index is -0.00463. The van der Waals surface area contributed by atoms with Crippen LogP contribution in [-0.4, -0.2) is 10.9 Å². The van der Waals surface area contributed by atoms with Gasteiger partial charge in [-0.3, -0.25) is 4.79 Å². The normalized spacial score (nSPS) is 11.9. The molecule has 0 aliphatic carbocycles. The quantitative estimate of drug-likeness (QED) is 0.549. The summed E-state index contributed by atoms with van der Waals surface area (Å²) in [5, 5.41) is 9.41. The number of benzene rings is 3. The summed E-state index contributed by atoms with van der Waals surface area (Å²) in [6.45, 7) is 2.06. The Labute approximate surface area is 156 Å². The van der Waals surface area contributed by atoms with E-state index in [-0.39, 0.29) is 17.5 Å². The zero-order valence-electron chi connectivity index (χ0n) is 13.9. The molecule has 3 aromatic rings. The van der Waals surface area contributed by atoms with Gasteiger partial charge < -0.3 is 5.11 Å². The van der Waals surface area contributed by atoms with E-state index in [0.717, 1.165) is 15.6 Å². The van der Waals surface area contributed by atoms with Crippen molar-refractivity contribution in [2.45, 2.75) is 19.3 Å². The van der Waals surface area contributed by atoms with Gasteiger partial charge in [-0.15, -0.1) is 0 Å². The second kappa shape index (κ2) is 7.66. The molecule has 2 nitrogen and oxygen atoms in total. The van der Waals surface area contributed by atoms with Crippen LogP contribution in [0.25, 0.3) is 0 Å². The molecule has 0 aliphatic heterocycles. The summed E-state index contributed by atoms with van der Waals surface area (Å²) in [6, 6.07) is 22.9. The Morgan fingerprint density at radius 1 is 0.880 bits per heavy atom. The number of hydrogen-bond donors (Lipinski definition) is 1. The molecule has 126 valence electrons. The molecule has 0 heterocycles. The monoisotopic (exact) mass is 394 g/mol. The number of ketones is 1. The molecule has 1 unspecified atom stereocenters. The Morgan fingerprint density at radius 3 is 1.96 bits per heavy atom. The number of carbonyl (C=O) groups is 1. The molecular formula is C22H19BrO2. The van der Waals surface area contributed by atoms with Gasteiger partial charge >= 0.3 is 0 Å². The molecule has 0 aliphatic rings. The minimum Gasteiger partial charge on any atom is -0.508 e. The van der Waals surface area contributed by atoms with Crippen molar-refractivity contribution in [3.05, 3.63) is 99.5 Å². The van der Waals surface area contributed by atoms with Gasteiger partial charge in [0.15, 0.2) is 5.78 Å². The average Bonchev–Trinajstić information content (AvgIpc) is 2.62. The number of phenols is 1. The second-order valence-corrected chi connectivity index (χ2v) is 7.10. The van der Waals surface area contributed by atoms with E-state index < -0.39 is 0 Å². The topological polar surface area (TPSA) is 37.3 Å². The molecular weight excluding hydrogens is 376 g/mol. The van der Waals surface area contributed by atoms with Crippen molar-refractivity contribution in [1.29, 1.82) is 0 Å². The number of hydrogen-bond acceptors (Lipinski definition) is 2. The lowest BCUT2D eigenvalue weighted by Gasteiger charge is -2.18. The van der Waals surface area contributed by atoms with E-state index in [4.69, 9.17) is 0 Å². The molecule has 0 saturated carbocycles. The van der Waals surface area contributed by atoms with Gasteiger partial charge in [-0.25, -0.2) is 0 Å². The summed E-state index contributed by atoms with van der Waals surface area (Å²) < 4.78 is 1.02. The summed E-state index contributed by atoms with van der Waals surface area (Å²) in [5.74, 6) is 0.225. The Bertz CT molecular complexity index is 805. The minimum absolute atomic E-state index is 0.00463. The predicted octanol–water partition coefficient (Wildman–Crippen LogP) is 5.87. The number of phenolic OH excluding ortho intramolecular Hbond substituents is 1. The van der Waals surface area contributed by atoms with E-state index in [0.29, 0.717) is 12.0 Å². The Morgan fingerprint density at radius 2 is 1.40 bits per heavy atom. The van der Waals surface area contributed by atoms with Gasteiger partial charge in [0, 0.05) is 22.4 Å². The summed E-state index contributed by atoms with van der Waals surface area (Å²) in [7, 11) is 0. The van der Waals surface area contributed by atoms with Crippen LogP contribution in [0.4, 0.5) is 0 Å². The molecule has 0 aromatic heterocycles. The van der Waals surface area contributed by atoms with Crippen molar-refractivity contribution in [2.75, 3.05) is 0 Å². The lowest BCUT2D eigenvalue weighted by atomic mass is 9.85. The predicted molar refractivity (Wildman–Crippen MR) is 104 cm³/mol. The molecule has 25 heavy (non-hydrogen) atoms. The first kappa shape index (κ1) is 17.4. The van der Waals surface area contributed by atoms with E-state index in [2.05, 4.69) is 59.3 Å². The molecule has 0 bridgehead atoms. The van der Waals surface area contributed by atoms with Crippen LogP contribution in [0.3, 0.4) is 0 Å². The lowest BCUT2D eigenvalue weighted by molar-refractivity contribution is 0.0977. The van der Waals surface area contributed by atoms with Crippen LogP contribution >= 0.6 is 15.9 Å². The largest absolute Gasteiger partial charge is 0.508 e. The summed E-state index contributed by atoms with van der Waals surface area (Å²) >= 11 is 3.46. The summed E-state index contributed by atoms with van der Waals surface area (Å²) in [4.78, 5) is 12.8. The molecule has 1 atom stereocenters. The third kappa shape index (κ3) is 4.37. The van der Waals surface area contributed by atoms with E-state index in [1.54, 1.807) is 24.3 Å². The van der Waals surface area contributed by atoms with Crippen molar-refractivity contribution < 1.29 is 9.90 Å². The van der Waals surface area contributed by atoms with Crippen LogP contribution in [0.1, 0.15) is 39.4 Å². The molecule has 3 heteroatoms. The van der Waals surface area contributed by atoms with E-state index in [1.807, 2.05) is 12.1 Å². The zero-order valence-corrected chi connectivity index (χ0v) is 15.5. The number of aryl methyl sites for hydroxylation is 1. The molecule has 0 amide bonds. The number of aromatic hydroxyl groups is 1. The van der Waals surface area contributed by atoms with Gasteiger partial charge in [-0.1, -0.05) is 57.9 Å². The van der Waals surface area contributed by atoms with Gasteiger partial charge in [0.25, 0.3) is 0 Å². The van der Waals surface area contributed by atoms with E-state index >= 15 is 0 Å². The average molecular weight is 395 g/mol. The first-order valence-electron chi connectivity index (χ1n) is 8.17. The molecule has 0 spiro atoms. The summed E-state index contributed by atoms with van der Waals surface area (Å²) in [5.41, 5.74) is 4.05. The highest BCUT2D eigenvalue weighted by Crippen LogP contribution is 2.31. The van der Waals surface area contributed by atoms with Crippen LogP contribution in [0.15, 0.2) is 77.3 Å². The fourth-order valence-electron chi connectivity index (χ4n) is 2.87. The van der Waals surface area contributed by atoms with Crippen LogP contribution < -0.4 is 0 Å². The fraction of sp³-hybridized carbons (Fsp3) is 0.136. The van der Waals surface area contributed by atoms with Crippen molar-refractivity contribution in [1.82, 2.24) is 0 Å². The standard InChI is InChI=1S/C22H19BrO2/c1-15-2-4-16(5-3-15)21(17-6-10-19(23)11-7-17)14-22(25)18-8-12-20(24)13-9-18/h2-13,21,24H,14H2,1H3. The van der Waals surface area contributed by atoms with Gasteiger partial charge in [0.05, 0.1) is 0 Å². The summed E-state index contributed by atoms with van der Waals surface area (Å²) in [6.07, 6.45) is 0.384. The van der Waals surface area contributed by atoms with Gasteiger partial charge in [-0.05, 0) is 54.4 Å². The number of carbonyl (C=O) groups excluding carboxylic acids is 1. The molecule has 0 saturated heterocycles. The third-order valence-corrected chi connectivity index (χ3v) is 4.86. The van der Waals surface area contributed by atoms with Crippen molar-refractivity contribution >= 4 is 21.7 Å². The highest BCUT2D eigenvalue weighted by atomic mass is 79.9. The van der Waals surface area contributed by atoms with E-state index in [9.17, 15) is 9.90 Å². The SMILES string of the molecule is Cc1ccc(C(CC(=O)c2ccc(O)cc2)c2ccc(Br)cc2)cc1. The zero-order chi connectivity index (χ0) is 17.8. The smallest absolute Gasteiger partial charge is 0.163 e. The van der Waals surface area contributed by atoms with Gasteiger partial charge in [0.1, 0.15) is 5.75 Å². The Balaban J connectivity index is 1.93. The number of Topliss-reactive ketones (excluding diaryl/α,β-unsaturated/α-hetero) is 1. The first-order valence-corrected chi connectivity index (χ1v) is 8.96. The maximum absolute atomic E-state index is 12.8. The Hall–Kier alpha value is -2.39. The highest BCUT2D eigenvalue weighted by Gasteiger charge is 2.19. The first-order chi connectivity index (χ1) is 12.0. The molecule has 1 N–H and O–H groups in total.